The quantitative estimate of drug-likeness (QED) is 0.0230. The van der Waals surface area contributed by atoms with Gasteiger partial charge in [-0.3, -0.25) is 9.36 Å². The molecule has 0 heterocycles. The number of unbranched alkanes of at least 4 members (excludes halogenated alkanes) is 8. The zero-order chi connectivity index (χ0) is 34.9. The van der Waals surface area contributed by atoms with Crippen molar-refractivity contribution in [3.8, 4) is 0 Å². The lowest BCUT2D eigenvalue weighted by Gasteiger charge is -2.28. The molecule has 0 aliphatic rings. The van der Waals surface area contributed by atoms with Crippen LogP contribution in [-0.2, 0) is 27.9 Å². The van der Waals surface area contributed by atoms with Crippen LogP contribution in [0.5, 0.6) is 0 Å². The van der Waals surface area contributed by atoms with Crippen molar-refractivity contribution in [2.75, 3.05) is 54.1 Å². The first-order valence-electron chi connectivity index (χ1n) is 18.0. The molecule has 0 N–H and O–H groups in total. The third-order valence-electron chi connectivity index (χ3n) is 7.08. The number of allylic oxidation sites excluding steroid dienone is 10. The van der Waals surface area contributed by atoms with Gasteiger partial charge in [0, 0.05) is 13.0 Å². The lowest BCUT2D eigenvalue weighted by molar-refractivity contribution is -0.870. The third-order valence-corrected chi connectivity index (χ3v) is 8.05. The Bertz CT molecular complexity index is 937. The van der Waals surface area contributed by atoms with Gasteiger partial charge in [0.2, 0.25) is 0 Å². The van der Waals surface area contributed by atoms with E-state index in [9.17, 15) is 14.3 Å². The van der Waals surface area contributed by atoms with E-state index < -0.39 is 13.9 Å². The number of rotatable bonds is 32. The summed E-state index contributed by atoms with van der Waals surface area (Å²) in [7, 11) is 1.32. The summed E-state index contributed by atoms with van der Waals surface area (Å²) < 4.78 is 34.1. The second-order valence-electron chi connectivity index (χ2n) is 12.9. The SMILES string of the molecule is CC/C=C\C/C=C\C/C=C\C/C=C\C/C=C\CCCCCCOCC(COP(=O)([O-])OCC[N+](C)(C)C)OC(=O)CCCCCCC. The van der Waals surface area contributed by atoms with Gasteiger partial charge in [-0.25, -0.2) is 0 Å². The number of carbonyl (C=O) groups excluding carboxylic acids is 1. The molecule has 0 aliphatic carbocycles. The minimum Gasteiger partial charge on any atom is -0.756 e. The normalized spacial score (nSPS) is 14.8. The van der Waals surface area contributed by atoms with E-state index in [0.29, 0.717) is 24.1 Å². The number of quaternary nitrogens is 1. The zero-order valence-corrected chi connectivity index (χ0v) is 31.3. The number of likely N-dealkylation sites (N-methyl/N-ethyl adjacent to an activating group) is 1. The molecule has 0 aromatic heterocycles. The van der Waals surface area contributed by atoms with Crippen LogP contribution < -0.4 is 4.89 Å². The van der Waals surface area contributed by atoms with Crippen LogP contribution in [0.1, 0.15) is 117 Å². The summed E-state index contributed by atoms with van der Waals surface area (Å²) >= 11 is 0. The largest absolute Gasteiger partial charge is 0.756 e. The summed E-state index contributed by atoms with van der Waals surface area (Å²) in [4.78, 5) is 24.6. The molecule has 0 spiro atoms. The van der Waals surface area contributed by atoms with Gasteiger partial charge >= 0.3 is 5.97 Å². The second kappa shape index (κ2) is 31.5. The molecule has 0 saturated carbocycles. The number of nitrogens with zero attached hydrogens (tertiary/aromatic N) is 1. The molecule has 0 rings (SSSR count). The van der Waals surface area contributed by atoms with E-state index >= 15 is 0 Å². The smallest absolute Gasteiger partial charge is 0.306 e. The van der Waals surface area contributed by atoms with Crippen molar-refractivity contribution in [3.63, 3.8) is 0 Å². The predicted molar refractivity (Wildman–Crippen MR) is 194 cm³/mol. The van der Waals surface area contributed by atoms with Crippen LogP contribution in [-0.4, -0.2) is 70.7 Å². The predicted octanol–water partition coefficient (Wildman–Crippen LogP) is 9.19. The molecule has 0 aromatic carbocycles. The second-order valence-corrected chi connectivity index (χ2v) is 14.3. The molecule has 0 radical (unpaired) electrons. The van der Waals surface area contributed by atoms with E-state index in [1.54, 1.807) is 0 Å². The van der Waals surface area contributed by atoms with Gasteiger partial charge in [0.25, 0.3) is 7.82 Å². The number of phosphoric acid groups is 1. The highest BCUT2D eigenvalue weighted by Gasteiger charge is 2.20. The molecule has 2 atom stereocenters. The first kappa shape index (κ1) is 45.2. The number of ether oxygens (including phenoxy) is 2. The first-order valence-corrected chi connectivity index (χ1v) is 19.5. The molecular weight excluding hydrogens is 613 g/mol. The average Bonchev–Trinajstić information content (AvgIpc) is 3.01. The maximum Gasteiger partial charge on any atom is 0.306 e. The number of carbonyl (C=O) groups is 1. The monoisotopic (exact) mass is 681 g/mol. The molecule has 0 bridgehead atoms. The van der Waals surface area contributed by atoms with Gasteiger partial charge in [-0.05, 0) is 57.8 Å². The van der Waals surface area contributed by atoms with Crippen LogP contribution in [0.25, 0.3) is 0 Å². The molecule has 0 fully saturated rings. The molecule has 0 saturated heterocycles. The van der Waals surface area contributed by atoms with Crippen molar-refractivity contribution in [1.82, 2.24) is 0 Å². The number of esters is 1. The zero-order valence-electron chi connectivity index (χ0n) is 30.5. The van der Waals surface area contributed by atoms with Gasteiger partial charge in [0.05, 0.1) is 34.4 Å². The van der Waals surface area contributed by atoms with Crippen molar-refractivity contribution in [3.05, 3.63) is 60.8 Å². The average molecular weight is 682 g/mol. The van der Waals surface area contributed by atoms with Gasteiger partial charge in [0.15, 0.2) is 0 Å². The Labute approximate surface area is 288 Å². The molecule has 0 aliphatic heterocycles. The maximum absolute atomic E-state index is 12.4. The van der Waals surface area contributed by atoms with Crippen LogP contribution >= 0.6 is 7.82 Å². The lowest BCUT2D eigenvalue weighted by Crippen LogP contribution is -2.37. The molecule has 0 aromatic rings. The Morgan fingerprint density at radius 1 is 0.681 bits per heavy atom. The van der Waals surface area contributed by atoms with Crippen LogP contribution in [0.15, 0.2) is 60.8 Å². The van der Waals surface area contributed by atoms with E-state index in [2.05, 4.69) is 74.6 Å². The Balaban J connectivity index is 4.20. The van der Waals surface area contributed by atoms with E-state index in [1.165, 1.54) is 0 Å². The van der Waals surface area contributed by atoms with Crippen molar-refractivity contribution >= 4 is 13.8 Å². The fourth-order valence-electron chi connectivity index (χ4n) is 4.28. The fraction of sp³-hybridized carbons (Fsp3) is 0.711. The Kier molecular flexibility index (Phi) is 30.3. The van der Waals surface area contributed by atoms with Gasteiger partial charge in [-0.2, -0.15) is 0 Å². The standard InChI is InChI=1S/C38H68NO7P/c1-6-8-10-12-13-14-15-16-17-18-19-20-21-22-23-24-25-26-28-30-33-43-35-37(46-38(40)31-29-27-11-9-7-2)36-45-47(41,42)44-34-32-39(3,4)5/h8,10,13-14,16-17,19-20,22-23,37H,6-7,9,11-12,15,18,21,24-36H2,1-5H3/b10-8-,14-13-,17-16-,20-19-,23-22-. The minimum absolute atomic E-state index is 0.0179. The highest BCUT2D eigenvalue weighted by Crippen LogP contribution is 2.38. The van der Waals surface area contributed by atoms with Crippen LogP contribution in [0.2, 0.25) is 0 Å². The lowest BCUT2D eigenvalue weighted by atomic mass is 10.1. The van der Waals surface area contributed by atoms with Crippen molar-refractivity contribution in [1.29, 1.82) is 0 Å². The highest BCUT2D eigenvalue weighted by atomic mass is 31.2. The van der Waals surface area contributed by atoms with E-state index in [1.807, 2.05) is 21.1 Å². The van der Waals surface area contributed by atoms with Crippen molar-refractivity contribution < 1.29 is 37.3 Å². The molecule has 47 heavy (non-hydrogen) atoms. The third kappa shape index (κ3) is 35.3. The van der Waals surface area contributed by atoms with E-state index in [0.717, 1.165) is 96.3 Å². The Hall–Kier alpha value is -1.80. The van der Waals surface area contributed by atoms with Gasteiger partial charge in [-0.1, -0.05) is 113 Å². The topological polar surface area (TPSA) is 94.1 Å². The Morgan fingerprint density at radius 2 is 1.23 bits per heavy atom. The molecule has 0 amide bonds. The molecule has 272 valence electrons. The van der Waals surface area contributed by atoms with Crippen molar-refractivity contribution in [2.45, 2.75) is 123 Å². The summed E-state index contributed by atoms with van der Waals surface area (Å²) in [6, 6.07) is 0. The minimum atomic E-state index is -4.51. The summed E-state index contributed by atoms with van der Waals surface area (Å²) in [5, 5.41) is 0. The van der Waals surface area contributed by atoms with Gasteiger partial charge < -0.3 is 27.9 Å². The number of hydrogen-bond acceptors (Lipinski definition) is 7. The van der Waals surface area contributed by atoms with Crippen LogP contribution in [0.4, 0.5) is 0 Å². The van der Waals surface area contributed by atoms with E-state index in [4.69, 9.17) is 18.5 Å². The van der Waals surface area contributed by atoms with Crippen LogP contribution in [0.3, 0.4) is 0 Å². The number of hydrogen-bond donors (Lipinski definition) is 0. The first-order chi connectivity index (χ1) is 22.6. The summed E-state index contributed by atoms with van der Waals surface area (Å²) in [5.74, 6) is -0.361. The van der Waals surface area contributed by atoms with Crippen molar-refractivity contribution in [2.24, 2.45) is 0 Å². The number of phosphoric ester groups is 1. The van der Waals surface area contributed by atoms with Crippen LogP contribution in [0, 0.1) is 0 Å². The molecule has 8 nitrogen and oxygen atoms in total. The maximum atomic E-state index is 12.4. The summed E-state index contributed by atoms with van der Waals surface area (Å²) in [6.45, 7) is 5.11. The summed E-state index contributed by atoms with van der Waals surface area (Å²) in [6.07, 6.45) is 37.0. The van der Waals surface area contributed by atoms with E-state index in [-0.39, 0.29) is 25.8 Å². The molecular formula is C38H68NO7P. The Morgan fingerprint density at radius 3 is 1.83 bits per heavy atom. The molecule has 9 heteroatoms. The van der Waals surface area contributed by atoms with Gasteiger partial charge in [-0.15, -0.1) is 0 Å². The highest BCUT2D eigenvalue weighted by molar-refractivity contribution is 7.45. The fourth-order valence-corrected chi connectivity index (χ4v) is 5.00. The molecule has 2 unspecified atom stereocenters. The van der Waals surface area contributed by atoms with Gasteiger partial charge in [0.1, 0.15) is 19.3 Å². The summed E-state index contributed by atoms with van der Waals surface area (Å²) in [5.41, 5.74) is 0.